The minimum Gasteiger partial charge on any atom is -0.414 e. The van der Waals surface area contributed by atoms with Crippen LogP contribution in [0.25, 0.3) is 0 Å². The highest BCUT2D eigenvalue weighted by Crippen LogP contribution is 2.65. The van der Waals surface area contributed by atoms with Gasteiger partial charge in [-0.15, -0.1) is 0 Å². The van der Waals surface area contributed by atoms with Crippen molar-refractivity contribution in [2.45, 2.75) is 135 Å². The first-order chi connectivity index (χ1) is 15.2. The van der Waals surface area contributed by atoms with E-state index in [1.807, 2.05) is 0 Å². The van der Waals surface area contributed by atoms with Gasteiger partial charge in [0, 0.05) is 13.2 Å². The molecule has 0 radical (unpaired) electrons. The molecule has 1 N–H and O–H groups in total. The number of fused-ring (bicyclic) bond motifs is 5. The molecule has 0 aromatic heterocycles. The van der Waals surface area contributed by atoms with Gasteiger partial charge in [-0.3, -0.25) is 0 Å². The zero-order chi connectivity index (χ0) is 24.4. The van der Waals surface area contributed by atoms with Crippen molar-refractivity contribution in [3.63, 3.8) is 0 Å². The van der Waals surface area contributed by atoms with Crippen LogP contribution in [-0.2, 0) is 9.16 Å². The van der Waals surface area contributed by atoms with Gasteiger partial charge in [-0.2, -0.15) is 0 Å². The molecule has 33 heavy (non-hydrogen) atoms. The lowest BCUT2D eigenvalue weighted by Gasteiger charge is -2.58. The first kappa shape index (κ1) is 26.2. The molecule has 0 saturated heterocycles. The molecule has 4 aliphatic carbocycles. The van der Waals surface area contributed by atoms with E-state index in [2.05, 4.69) is 54.6 Å². The highest BCUT2D eigenvalue weighted by atomic mass is 28.4. The van der Waals surface area contributed by atoms with E-state index in [0.717, 1.165) is 36.5 Å². The summed E-state index contributed by atoms with van der Waals surface area (Å²) in [4.78, 5) is 0. The van der Waals surface area contributed by atoms with Gasteiger partial charge in [-0.25, -0.2) is 0 Å². The van der Waals surface area contributed by atoms with Gasteiger partial charge < -0.3 is 14.3 Å². The highest BCUT2D eigenvalue weighted by molar-refractivity contribution is 6.74. The van der Waals surface area contributed by atoms with E-state index in [1.165, 1.54) is 44.9 Å². The molecule has 4 fully saturated rings. The Morgan fingerprint density at radius 1 is 0.909 bits per heavy atom. The minimum atomic E-state index is -1.74. The lowest BCUT2D eigenvalue weighted by molar-refractivity contribution is -0.151. The molecule has 3 nitrogen and oxygen atoms in total. The van der Waals surface area contributed by atoms with E-state index in [1.54, 1.807) is 7.11 Å². The first-order valence-electron chi connectivity index (χ1n) is 14.2. The molecule has 192 valence electrons. The van der Waals surface area contributed by atoms with Crippen LogP contribution < -0.4 is 0 Å². The molecule has 2 unspecified atom stereocenters. The standard InChI is InChI=1S/C29H54O3Si/c1-19(32-33(8,9)27(3,4)5)25-12-13-26-24-11-10-21-18-29(30,20(2)31-7)17-15-22(21)23(24)14-16-28(25,26)6/h19-26,30H,10-18H2,1-9H3/t19?,20?,21-,22+,23-,24-,25-,26+,28-,29-/m1/s1. The molecule has 0 aliphatic heterocycles. The van der Waals surface area contributed by atoms with Crippen LogP contribution in [0, 0.1) is 40.9 Å². The summed E-state index contributed by atoms with van der Waals surface area (Å²) in [5.41, 5.74) is -0.156. The molecule has 4 saturated carbocycles. The molecule has 4 rings (SSSR count). The largest absolute Gasteiger partial charge is 0.414 e. The third kappa shape index (κ3) is 4.42. The van der Waals surface area contributed by atoms with Gasteiger partial charge in [0.1, 0.15) is 0 Å². The third-order valence-electron chi connectivity index (χ3n) is 12.1. The molecular formula is C29H54O3Si. The lowest BCUT2D eigenvalue weighted by Crippen LogP contribution is -2.54. The molecular weight excluding hydrogens is 424 g/mol. The number of ether oxygens (including phenoxy) is 1. The van der Waals surface area contributed by atoms with Gasteiger partial charge >= 0.3 is 0 Å². The molecule has 4 heteroatoms. The van der Waals surface area contributed by atoms with Gasteiger partial charge in [0.2, 0.25) is 0 Å². The zero-order valence-electron chi connectivity index (χ0n) is 23.2. The van der Waals surface area contributed by atoms with Gasteiger partial charge in [-0.1, -0.05) is 27.7 Å². The molecule has 0 heterocycles. The van der Waals surface area contributed by atoms with Crippen molar-refractivity contribution < 1.29 is 14.3 Å². The molecule has 0 bridgehead atoms. The van der Waals surface area contributed by atoms with Gasteiger partial charge in [0.25, 0.3) is 0 Å². The zero-order valence-corrected chi connectivity index (χ0v) is 24.2. The van der Waals surface area contributed by atoms with Crippen LogP contribution in [0.5, 0.6) is 0 Å². The summed E-state index contributed by atoms with van der Waals surface area (Å²) in [5.74, 6) is 4.92. The maximum atomic E-state index is 11.3. The summed E-state index contributed by atoms with van der Waals surface area (Å²) in [7, 11) is 0.00695. The van der Waals surface area contributed by atoms with Gasteiger partial charge in [-0.05, 0) is 131 Å². The Morgan fingerprint density at radius 2 is 1.58 bits per heavy atom. The average Bonchev–Trinajstić information content (AvgIpc) is 3.09. The maximum Gasteiger partial charge on any atom is 0.192 e. The van der Waals surface area contributed by atoms with Crippen molar-refractivity contribution in [3.8, 4) is 0 Å². The van der Waals surface area contributed by atoms with Crippen molar-refractivity contribution >= 4 is 8.32 Å². The molecule has 0 aromatic rings. The van der Waals surface area contributed by atoms with Crippen LogP contribution in [-0.4, -0.2) is 38.3 Å². The van der Waals surface area contributed by atoms with E-state index in [0.29, 0.717) is 23.4 Å². The van der Waals surface area contributed by atoms with Crippen molar-refractivity contribution in [2.75, 3.05) is 7.11 Å². The van der Waals surface area contributed by atoms with Gasteiger partial charge in [0.05, 0.1) is 11.7 Å². The first-order valence-corrected chi connectivity index (χ1v) is 17.1. The van der Waals surface area contributed by atoms with Crippen molar-refractivity contribution in [2.24, 2.45) is 40.9 Å². The number of hydrogen-bond acceptors (Lipinski definition) is 3. The van der Waals surface area contributed by atoms with Crippen LogP contribution in [0.1, 0.15) is 99.3 Å². The summed E-state index contributed by atoms with van der Waals surface area (Å²) in [6.07, 6.45) is 11.7. The van der Waals surface area contributed by atoms with Crippen molar-refractivity contribution in [3.05, 3.63) is 0 Å². The Balaban J connectivity index is 1.46. The molecule has 0 spiro atoms. The smallest absolute Gasteiger partial charge is 0.192 e. The maximum absolute atomic E-state index is 11.3. The summed E-state index contributed by atoms with van der Waals surface area (Å²) < 4.78 is 12.6. The summed E-state index contributed by atoms with van der Waals surface area (Å²) >= 11 is 0. The lowest BCUT2D eigenvalue weighted by atomic mass is 9.48. The van der Waals surface area contributed by atoms with E-state index in [-0.39, 0.29) is 11.1 Å². The van der Waals surface area contributed by atoms with Crippen LogP contribution in [0.3, 0.4) is 0 Å². The Hall–Kier alpha value is 0.0969. The molecule has 4 aliphatic rings. The fraction of sp³-hybridized carbons (Fsp3) is 1.00. The number of methoxy groups -OCH3 is 1. The number of hydrogen-bond donors (Lipinski definition) is 1. The van der Waals surface area contributed by atoms with Crippen LogP contribution in [0.15, 0.2) is 0 Å². The second kappa shape index (κ2) is 8.89. The summed E-state index contributed by atoms with van der Waals surface area (Å²) in [6, 6.07) is 0. The number of rotatable bonds is 5. The normalized spacial score (nSPS) is 45.6. The molecule has 10 atom stereocenters. The van der Waals surface area contributed by atoms with E-state index in [4.69, 9.17) is 9.16 Å². The van der Waals surface area contributed by atoms with Crippen LogP contribution >= 0.6 is 0 Å². The fourth-order valence-electron chi connectivity index (χ4n) is 9.03. The predicted octanol–water partition coefficient (Wildman–Crippen LogP) is 7.43. The monoisotopic (exact) mass is 478 g/mol. The minimum absolute atomic E-state index is 0.0520. The van der Waals surface area contributed by atoms with E-state index in [9.17, 15) is 5.11 Å². The summed E-state index contributed by atoms with van der Waals surface area (Å²) in [5, 5.41) is 11.6. The molecule has 0 amide bonds. The van der Waals surface area contributed by atoms with Crippen molar-refractivity contribution in [1.82, 2.24) is 0 Å². The second-order valence-corrected chi connectivity index (χ2v) is 19.2. The van der Waals surface area contributed by atoms with Gasteiger partial charge in [0.15, 0.2) is 8.32 Å². The SMILES string of the molecule is COC(C)[C@@]1(O)CC[C@H]2[C@H](CC[C@@H]3[C@@H]2CC[C@]2(C)[C@@H](C(C)O[Si](C)(C)C(C)(C)C)CC[C@@H]32)C1. The quantitative estimate of drug-likeness (QED) is 0.417. The van der Waals surface area contributed by atoms with E-state index < -0.39 is 13.9 Å². The Bertz CT molecular complexity index is 701. The van der Waals surface area contributed by atoms with E-state index >= 15 is 0 Å². The Kier molecular flexibility index (Phi) is 7.05. The third-order valence-corrected chi connectivity index (χ3v) is 16.7. The van der Waals surface area contributed by atoms with Crippen molar-refractivity contribution in [1.29, 1.82) is 0 Å². The second-order valence-electron chi connectivity index (χ2n) is 14.5. The topological polar surface area (TPSA) is 38.7 Å². The summed E-state index contributed by atoms with van der Waals surface area (Å²) in [6.45, 7) is 19.1. The Morgan fingerprint density at radius 3 is 2.21 bits per heavy atom. The average molecular weight is 479 g/mol. The Labute approximate surface area is 205 Å². The fourth-order valence-corrected chi connectivity index (χ4v) is 10.5. The molecule has 0 aromatic carbocycles. The highest BCUT2D eigenvalue weighted by Gasteiger charge is 2.59. The predicted molar refractivity (Wildman–Crippen MR) is 140 cm³/mol. The van der Waals surface area contributed by atoms with Crippen LogP contribution in [0.2, 0.25) is 18.1 Å². The van der Waals surface area contributed by atoms with Crippen LogP contribution in [0.4, 0.5) is 0 Å². The number of aliphatic hydroxyl groups is 1.